The van der Waals surface area contributed by atoms with Gasteiger partial charge in [-0.05, 0) is 22.9 Å². The van der Waals surface area contributed by atoms with Crippen molar-refractivity contribution in [2.75, 3.05) is 20.3 Å². The van der Waals surface area contributed by atoms with Gasteiger partial charge in [0.1, 0.15) is 11.1 Å². The summed E-state index contributed by atoms with van der Waals surface area (Å²) in [6.45, 7) is 2.45. The van der Waals surface area contributed by atoms with Gasteiger partial charge in [0.2, 0.25) is 0 Å². The predicted octanol–water partition coefficient (Wildman–Crippen LogP) is 1.48. The Morgan fingerprint density at radius 2 is 2.31 bits per heavy atom. The maximum Gasteiger partial charge on any atom is 0.345 e. The van der Waals surface area contributed by atoms with Crippen molar-refractivity contribution in [1.29, 1.82) is 0 Å². The molecular weight excluding hydrogens is 236 g/mol. The number of ether oxygens (including phenoxy) is 2. The standard InChI is InChI=1S/C9H11BrO3/c1-3-13-9(11)8(10)6-4-5-7-12-2/h6H,3,7H2,1-2H3/b8-6-. The van der Waals surface area contributed by atoms with E-state index in [-0.39, 0.29) is 0 Å². The Bertz CT molecular complexity index is 247. The molecule has 0 saturated heterocycles. The number of rotatable bonds is 3. The van der Waals surface area contributed by atoms with Crippen molar-refractivity contribution >= 4 is 21.9 Å². The molecule has 72 valence electrons. The molecule has 0 spiro atoms. The fraction of sp³-hybridized carbons (Fsp3) is 0.444. The molecule has 13 heavy (non-hydrogen) atoms. The zero-order valence-electron chi connectivity index (χ0n) is 7.59. The van der Waals surface area contributed by atoms with Crippen molar-refractivity contribution in [2.45, 2.75) is 6.92 Å². The van der Waals surface area contributed by atoms with E-state index in [2.05, 4.69) is 27.8 Å². The molecule has 0 heterocycles. The lowest BCUT2D eigenvalue weighted by Crippen LogP contribution is -2.02. The summed E-state index contributed by atoms with van der Waals surface area (Å²) in [6.07, 6.45) is 1.44. The Kier molecular flexibility index (Phi) is 7.36. The molecule has 0 saturated carbocycles. The lowest BCUT2D eigenvalue weighted by Gasteiger charge is -1.96. The number of hydrogen-bond acceptors (Lipinski definition) is 3. The Hall–Kier alpha value is -0.790. The Balaban J connectivity index is 4.03. The highest BCUT2D eigenvalue weighted by Crippen LogP contribution is 2.05. The first-order valence-electron chi connectivity index (χ1n) is 3.72. The van der Waals surface area contributed by atoms with E-state index in [0.29, 0.717) is 17.7 Å². The van der Waals surface area contributed by atoms with Gasteiger partial charge >= 0.3 is 5.97 Å². The number of hydrogen-bond donors (Lipinski definition) is 0. The van der Waals surface area contributed by atoms with Crippen LogP contribution in [0.25, 0.3) is 0 Å². The predicted molar refractivity (Wildman–Crippen MR) is 53.3 cm³/mol. The first kappa shape index (κ1) is 12.2. The molecule has 3 nitrogen and oxygen atoms in total. The van der Waals surface area contributed by atoms with Crippen LogP contribution in [0.3, 0.4) is 0 Å². The third kappa shape index (κ3) is 6.38. The fourth-order valence-corrected chi connectivity index (χ4v) is 0.716. The molecule has 0 aromatic heterocycles. The van der Waals surface area contributed by atoms with Gasteiger partial charge in [0.15, 0.2) is 0 Å². The second-order valence-corrected chi connectivity index (χ2v) is 2.82. The van der Waals surface area contributed by atoms with Gasteiger partial charge in [0.05, 0.1) is 6.61 Å². The summed E-state index contributed by atoms with van der Waals surface area (Å²) in [6, 6.07) is 0. The maximum absolute atomic E-state index is 11.0. The highest BCUT2D eigenvalue weighted by molar-refractivity contribution is 9.12. The average molecular weight is 247 g/mol. The van der Waals surface area contributed by atoms with Gasteiger partial charge in [0, 0.05) is 13.2 Å². The van der Waals surface area contributed by atoms with Crippen molar-refractivity contribution in [3.05, 3.63) is 10.6 Å². The van der Waals surface area contributed by atoms with Crippen LogP contribution < -0.4 is 0 Å². The van der Waals surface area contributed by atoms with Gasteiger partial charge in [-0.1, -0.05) is 11.8 Å². The van der Waals surface area contributed by atoms with Crippen LogP contribution in [0.4, 0.5) is 0 Å². The van der Waals surface area contributed by atoms with Crippen LogP contribution in [0.1, 0.15) is 6.92 Å². The Labute approximate surface area is 86.2 Å². The molecule has 0 amide bonds. The monoisotopic (exact) mass is 246 g/mol. The molecule has 0 aromatic carbocycles. The van der Waals surface area contributed by atoms with Gasteiger partial charge < -0.3 is 9.47 Å². The van der Waals surface area contributed by atoms with Crippen LogP contribution in [0.5, 0.6) is 0 Å². The molecule has 0 radical (unpaired) electrons. The first-order valence-corrected chi connectivity index (χ1v) is 4.51. The van der Waals surface area contributed by atoms with Crippen molar-refractivity contribution in [3.63, 3.8) is 0 Å². The summed E-state index contributed by atoms with van der Waals surface area (Å²) >= 11 is 3.04. The number of allylic oxidation sites excluding steroid dienone is 1. The molecule has 0 atom stereocenters. The molecule has 0 bridgehead atoms. The molecule has 0 aromatic rings. The molecule has 0 rings (SSSR count). The number of halogens is 1. The van der Waals surface area contributed by atoms with Crippen LogP contribution >= 0.6 is 15.9 Å². The van der Waals surface area contributed by atoms with E-state index in [1.807, 2.05) is 0 Å². The maximum atomic E-state index is 11.0. The van der Waals surface area contributed by atoms with E-state index in [9.17, 15) is 4.79 Å². The van der Waals surface area contributed by atoms with E-state index in [0.717, 1.165) is 0 Å². The quantitative estimate of drug-likeness (QED) is 0.430. The summed E-state index contributed by atoms with van der Waals surface area (Å²) in [7, 11) is 1.55. The lowest BCUT2D eigenvalue weighted by atomic mass is 10.5. The summed E-state index contributed by atoms with van der Waals surface area (Å²) < 4.78 is 9.72. The molecule has 0 unspecified atom stereocenters. The minimum atomic E-state index is -0.408. The van der Waals surface area contributed by atoms with Crippen molar-refractivity contribution in [1.82, 2.24) is 0 Å². The average Bonchev–Trinajstić information content (AvgIpc) is 2.12. The van der Waals surface area contributed by atoms with E-state index in [1.54, 1.807) is 14.0 Å². The van der Waals surface area contributed by atoms with Gasteiger partial charge in [-0.15, -0.1) is 0 Å². The van der Waals surface area contributed by atoms with Crippen molar-refractivity contribution < 1.29 is 14.3 Å². The third-order valence-electron chi connectivity index (χ3n) is 0.988. The van der Waals surface area contributed by atoms with Crippen LogP contribution in [0.2, 0.25) is 0 Å². The Morgan fingerprint density at radius 1 is 1.62 bits per heavy atom. The smallest absolute Gasteiger partial charge is 0.345 e. The molecule has 0 aliphatic carbocycles. The zero-order valence-corrected chi connectivity index (χ0v) is 9.18. The summed E-state index contributed by atoms with van der Waals surface area (Å²) in [5, 5.41) is 0. The Morgan fingerprint density at radius 3 is 2.85 bits per heavy atom. The van der Waals surface area contributed by atoms with Crippen molar-refractivity contribution in [3.8, 4) is 11.8 Å². The van der Waals surface area contributed by atoms with Crippen LogP contribution in [-0.2, 0) is 14.3 Å². The topological polar surface area (TPSA) is 35.5 Å². The lowest BCUT2D eigenvalue weighted by molar-refractivity contribution is -0.137. The molecule has 0 N–H and O–H groups in total. The zero-order chi connectivity index (χ0) is 10.1. The van der Waals surface area contributed by atoms with Crippen LogP contribution in [0.15, 0.2) is 10.6 Å². The van der Waals surface area contributed by atoms with E-state index in [1.165, 1.54) is 6.08 Å². The second kappa shape index (κ2) is 7.84. The van der Waals surface area contributed by atoms with Gasteiger partial charge in [0.25, 0.3) is 0 Å². The number of esters is 1. The van der Waals surface area contributed by atoms with Gasteiger partial charge in [-0.25, -0.2) is 4.79 Å². The van der Waals surface area contributed by atoms with Gasteiger partial charge in [-0.3, -0.25) is 0 Å². The third-order valence-corrected chi connectivity index (χ3v) is 1.54. The van der Waals surface area contributed by atoms with Crippen LogP contribution in [-0.4, -0.2) is 26.3 Å². The number of carbonyl (C=O) groups excluding carboxylic acids is 1. The number of carbonyl (C=O) groups is 1. The SMILES string of the molecule is CCOC(=O)/C(Br)=C/C#CCOC. The fourth-order valence-electron chi connectivity index (χ4n) is 0.487. The highest BCUT2D eigenvalue weighted by atomic mass is 79.9. The van der Waals surface area contributed by atoms with Gasteiger partial charge in [-0.2, -0.15) is 0 Å². The van der Waals surface area contributed by atoms with Crippen LogP contribution in [0, 0.1) is 11.8 Å². The largest absolute Gasteiger partial charge is 0.462 e. The van der Waals surface area contributed by atoms with Crippen molar-refractivity contribution in [2.24, 2.45) is 0 Å². The van der Waals surface area contributed by atoms with E-state index in [4.69, 9.17) is 9.47 Å². The van der Waals surface area contributed by atoms with E-state index < -0.39 is 5.97 Å². The summed E-state index contributed by atoms with van der Waals surface area (Å²) in [4.78, 5) is 11.0. The minimum Gasteiger partial charge on any atom is -0.462 e. The molecule has 0 aliphatic heterocycles. The normalized spacial score (nSPS) is 10.2. The molecule has 4 heteroatoms. The minimum absolute atomic E-state index is 0.318. The molecule has 0 aliphatic rings. The number of methoxy groups -OCH3 is 1. The second-order valence-electron chi connectivity index (χ2n) is 1.97. The summed E-state index contributed by atoms with van der Waals surface area (Å²) in [5.41, 5.74) is 0. The van der Waals surface area contributed by atoms with E-state index >= 15 is 0 Å². The molecule has 0 fully saturated rings. The summed E-state index contributed by atoms with van der Waals surface area (Å²) in [5.74, 6) is 4.91. The molecular formula is C9H11BrO3. The first-order chi connectivity index (χ1) is 6.22. The highest BCUT2D eigenvalue weighted by Gasteiger charge is 2.03.